The van der Waals surface area contributed by atoms with Gasteiger partial charge in [-0.1, -0.05) is 12.8 Å². The van der Waals surface area contributed by atoms with E-state index < -0.39 is 18.5 Å². The molecule has 1 aliphatic carbocycles. The molecule has 0 aromatic carbocycles. The highest BCUT2D eigenvalue weighted by Gasteiger charge is 2.39. The number of nitrogens with zero attached hydrogens (tertiary/aromatic N) is 1. The van der Waals surface area contributed by atoms with Gasteiger partial charge in [-0.3, -0.25) is 4.79 Å². The topological polar surface area (TPSA) is 46.3 Å². The Bertz CT molecular complexity index is 262. The van der Waals surface area contributed by atoms with Gasteiger partial charge in [0.25, 0.3) is 6.43 Å². The fraction of sp³-hybridized carbons (Fsp3) is 0.909. The molecular weight excluding hydrogens is 250 g/mol. The molecule has 2 N–H and O–H groups in total. The molecule has 1 amide bonds. The van der Waals surface area contributed by atoms with Crippen LogP contribution in [0.2, 0.25) is 0 Å². The second kappa shape index (κ2) is 6.50. The van der Waals surface area contributed by atoms with E-state index in [1.165, 1.54) is 7.05 Å². The average molecular weight is 271 g/mol. The summed E-state index contributed by atoms with van der Waals surface area (Å²) in [6, 6.07) is 0. The average Bonchev–Trinajstić information content (AvgIpc) is 2.15. The molecule has 102 valence electrons. The van der Waals surface area contributed by atoms with E-state index in [4.69, 9.17) is 5.73 Å². The Balaban J connectivity index is 0.00000256. The zero-order chi connectivity index (χ0) is 12.3. The normalized spacial score (nSPS) is 28.7. The minimum atomic E-state index is -2.48. The Morgan fingerprint density at radius 3 is 2.59 bits per heavy atom. The van der Waals surface area contributed by atoms with Gasteiger partial charge in [0.1, 0.15) is 0 Å². The van der Waals surface area contributed by atoms with Crippen molar-refractivity contribution in [1.82, 2.24) is 4.90 Å². The molecule has 0 heterocycles. The monoisotopic (exact) mass is 270 g/mol. The van der Waals surface area contributed by atoms with E-state index in [1.54, 1.807) is 0 Å². The minimum Gasteiger partial charge on any atom is -0.340 e. The summed E-state index contributed by atoms with van der Waals surface area (Å²) in [7, 11) is 1.42. The number of hydrogen-bond donors (Lipinski definition) is 1. The maximum absolute atomic E-state index is 12.2. The lowest BCUT2D eigenvalue weighted by Crippen LogP contribution is -2.53. The van der Waals surface area contributed by atoms with Crippen molar-refractivity contribution in [3.8, 4) is 0 Å². The first-order valence-corrected chi connectivity index (χ1v) is 5.66. The first-order chi connectivity index (χ1) is 7.34. The minimum absolute atomic E-state index is 0. The molecule has 6 heteroatoms. The summed E-state index contributed by atoms with van der Waals surface area (Å²) in [4.78, 5) is 13.1. The molecule has 0 aromatic heterocycles. The molecule has 1 aliphatic rings. The molecule has 17 heavy (non-hydrogen) atoms. The Hall–Kier alpha value is -0.420. The molecule has 2 unspecified atom stereocenters. The molecule has 0 radical (unpaired) electrons. The van der Waals surface area contributed by atoms with Crippen LogP contribution < -0.4 is 5.73 Å². The van der Waals surface area contributed by atoms with Crippen molar-refractivity contribution in [3.63, 3.8) is 0 Å². The quantitative estimate of drug-likeness (QED) is 0.853. The lowest BCUT2D eigenvalue weighted by atomic mass is 9.74. The van der Waals surface area contributed by atoms with Crippen LogP contribution in [0.3, 0.4) is 0 Å². The summed E-state index contributed by atoms with van der Waals surface area (Å²) in [6.07, 6.45) is 0.966. The lowest BCUT2D eigenvalue weighted by Gasteiger charge is -2.39. The van der Waals surface area contributed by atoms with Crippen molar-refractivity contribution >= 4 is 18.3 Å². The SMILES string of the molecule is CN(CC(F)F)C(=O)C1CCCCC1(C)N.Cl. The van der Waals surface area contributed by atoms with Crippen LogP contribution in [-0.4, -0.2) is 36.4 Å². The highest BCUT2D eigenvalue weighted by atomic mass is 35.5. The summed E-state index contributed by atoms with van der Waals surface area (Å²) >= 11 is 0. The molecule has 1 rings (SSSR count). The molecule has 0 spiro atoms. The molecule has 0 bridgehead atoms. The van der Waals surface area contributed by atoms with Gasteiger partial charge in [0.05, 0.1) is 12.5 Å². The largest absolute Gasteiger partial charge is 0.340 e. The van der Waals surface area contributed by atoms with Crippen molar-refractivity contribution in [1.29, 1.82) is 0 Å². The fourth-order valence-electron chi connectivity index (χ4n) is 2.33. The van der Waals surface area contributed by atoms with E-state index in [0.29, 0.717) is 6.42 Å². The number of hydrogen-bond acceptors (Lipinski definition) is 2. The van der Waals surface area contributed by atoms with Crippen molar-refractivity contribution in [2.75, 3.05) is 13.6 Å². The summed E-state index contributed by atoms with van der Waals surface area (Å²) in [5.74, 6) is -0.560. The molecule has 1 saturated carbocycles. The summed E-state index contributed by atoms with van der Waals surface area (Å²) in [5, 5.41) is 0. The number of amides is 1. The van der Waals surface area contributed by atoms with Crippen LogP contribution in [-0.2, 0) is 4.79 Å². The van der Waals surface area contributed by atoms with E-state index in [0.717, 1.165) is 24.2 Å². The Kier molecular flexibility index (Phi) is 6.34. The van der Waals surface area contributed by atoms with E-state index in [9.17, 15) is 13.6 Å². The molecule has 2 atom stereocenters. The molecular formula is C11H21ClF2N2O. The van der Waals surface area contributed by atoms with Crippen molar-refractivity contribution < 1.29 is 13.6 Å². The first kappa shape index (κ1) is 16.6. The van der Waals surface area contributed by atoms with Gasteiger partial charge < -0.3 is 10.6 Å². The smallest absolute Gasteiger partial charge is 0.255 e. The van der Waals surface area contributed by atoms with E-state index in [1.807, 2.05) is 6.92 Å². The first-order valence-electron chi connectivity index (χ1n) is 5.66. The van der Waals surface area contributed by atoms with Crippen molar-refractivity contribution in [3.05, 3.63) is 0 Å². The second-order valence-electron chi connectivity index (χ2n) is 4.91. The van der Waals surface area contributed by atoms with Crippen LogP contribution in [0.5, 0.6) is 0 Å². The summed E-state index contributed by atoms with van der Waals surface area (Å²) < 4.78 is 24.4. The van der Waals surface area contributed by atoms with Gasteiger partial charge in [-0.15, -0.1) is 12.4 Å². The lowest BCUT2D eigenvalue weighted by molar-refractivity contribution is -0.139. The molecule has 0 aromatic rings. The summed E-state index contributed by atoms with van der Waals surface area (Å²) in [6.45, 7) is 1.33. The maximum atomic E-state index is 12.2. The van der Waals surface area contributed by atoms with Gasteiger partial charge in [0, 0.05) is 12.6 Å². The Labute approximate surface area is 107 Å². The third-order valence-corrected chi connectivity index (χ3v) is 3.34. The van der Waals surface area contributed by atoms with Gasteiger partial charge in [0.15, 0.2) is 0 Å². The standard InChI is InChI=1S/C11H20F2N2O.ClH/c1-11(14)6-4-3-5-8(11)10(16)15(2)7-9(12)13;/h8-9H,3-7,14H2,1-2H3;1H. The van der Waals surface area contributed by atoms with E-state index >= 15 is 0 Å². The van der Waals surface area contributed by atoms with Crippen molar-refractivity contribution in [2.45, 2.75) is 44.6 Å². The number of nitrogens with two attached hydrogens (primary N) is 1. The Morgan fingerprint density at radius 1 is 1.53 bits per heavy atom. The zero-order valence-electron chi connectivity index (χ0n) is 10.3. The van der Waals surface area contributed by atoms with Gasteiger partial charge in [-0.25, -0.2) is 8.78 Å². The maximum Gasteiger partial charge on any atom is 0.255 e. The molecule has 0 saturated heterocycles. The van der Waals surface area contributed by atoms with Gasteiger partial charge in [0.2, 0.25) is 5.91 Å². The van der Waals surface area contributed by atoms with Crippen LogP contribution in [0.4, 0.5) is 8.78 Å². The fourth-order valence-corrected chi connectivity index (χ4v) is 2.33. The number of alkyl halides is 2. The Morgan fingerprint density at radius 2 is 2.12 bits per heavy atom. The highest BCUT2D eigenvalue weighted by Crippen LogP contribution is 2.32. The molecule has 1 fully saturated rings. The van der Waals surface area contributed by atoms with Gasteiger partial charge >= 0.3 is 0 Å². The number of carbonyl (C=O) groups excluding carboxylic acids is 1. The number of rotatable bonds is 3. The highest BCUT2D eigenvalue weighted by molar-refractivity contribution is 5.85. The van der Waals surface area contributed by atoms with Crippen LogP contribution in [0, 0.1) is 5.92 Å². The third kappa shape index (κ3) is 4.39. The van der Waals surface area contributed by atoms with Crippen LogP contribution in [0.25, 0.3) is 0 Å². The number of carbonyl (C=O) groups is 1. The van der Waals surface area contributed by atoms with E-state index in [-0.39, 0.29) is 24.2 Å². The second-order valence-corrected chi connectivity index (χ2v) is 4.91. The predicted octanol–water partition coefficient (Wildman–Crippen LogP) is 2.04. The molecule has 0 aliphatic heterocycles. The molecule has 3 nitrogen and oxygen atoms in total. The van der Waals surface area contributed by atoms with Crippen LogP contribution in [0.15, 0.2) is 0 Å². The van der Waals surface area contributed by atoms with E-state index in [2.05, 4.69) is 0 Å². The van der Waals surface area contributed by atoms with Crippen LogP contribution in [0.1, 0.15) is 32.6 Å². The predicted molar refractivity (Wildman–Crippen MR) is 65.4 cm³/mol. The third-order valence-electron chi connectivity index (χ3n) is 3.34. The summed E-state index contributed by atoms with van der Waals surface area (Å²) in [5.41, 5.74) is 5.51. The van der Waals surface area contributed by atoms with Gasteiger partial charge in [-0.05, 0) is 19.8 Å². The van der Waals surface area contributed by atoms with Gasteiger partial charge in [-0.2, -0.15) is 0 Å². The zero-order valence-corrected chi connectivity index (χ0v) is 11.1. The van der Waals surface area contributed by atoms with Crippen LogP contribution >= 0.6 is 12.4 Å². The van der Waals surface area contributed by atoms with Crippen molar-refractivity contribution in [2.24, 2.45) is 11.7 Å². The number of halogens is 3.